The van der Waals surface area contributed by atoms with Gasteiger partial charge in [-0.15, -0.1) is 0 Å². The maximum Gasteiger partial charge on any atom is 0.254 e. The molecule has 0 aliphatic carbocycles. The van der Waals surface area contributed by atoms with Gasteiger partial charge in [0.25, 0.3) is 11.8 Å². The zero-order chi connectivity index (χ0) is 36.4. The number of nitrogens with zero attached hydrogens (tertiary/aromatic N) is 2. The number of ether oxygens (including phenoxy) is 4. The normalized spacial score (nSPS) is 16.5. The smallest absolute Gasteiger partial charge is 0.254 e. The summed E-state index contributed by atoms with van der Waals surface area (Å²) < 4.78 is 23.9. The molecule has 1 aliphatic heterocycles. The number of carbonyl (C=O) groups excluding carboxylic acids is 2. The zero-order valence-electron chi connectivity index (χ0n) is 30.2. The molecule has 272 valence electrons. The van der Waals surface area contributed by atoms with E-state index in [-0.39, 0.29) is 11.8 Å². The summed E-state index contributed by atoms with van der Waals surface area (Å²) in [5, 5.41) is 13.4. The van der Waals surface area contributed by atoms with Gasteiger partial charge in [0, 0.05) is 37.3 Å². The van der Waals surface area contributed by atoms with E-state index in [2.05, 4.69) is 84.9 Å². The average Bonchev–Trinajstić information content (AvgIpc) is 3.21. The number of amides is 2. The molecule has 0 atom stereocenters. The molecule has 1 aliphatic rings. The summed E-state index contributed by atoms with van der Waals surface area (Å²) in [5.74, 6) is -0.0899. The molecule has 0 spiro atoms. The first-order valence-electron chi connectivity index (χ1n) is 18.9. The maximum atomic E-state index is 14.2. The molecule has 0 unspecified atom stereocenters. The Balaban J connectivity index is 0.869. The summed E-state index contributed by atoms with van der Waals surface area (Å²) in [7, 11) is 0. The molecular weight excluding hydrogens is 677 g/mol. The molecule has 0 aromatic heterocycles. The van der Waals surface area contributed by atoms with Crippen molar-refractivity contribution in [2.24, 2.45) is 0 Å². The van der Waals surface area contributed by atoms with Crippen LogP contribution in [0.5, 0.6) is 0 Å². The van der Waals surface area contributed by atoms with Gasteiger partial charge < -0.3 is 28.7 Å². The summed E-state index contributed by atoms with van der Waals surface area (Å²) in [4.78, 5) is 31.9. The number of carbonyl (C=O) groups is 2. The highest BCUT2D eigenvalue weighted by Gasteiger charge is 2.22. The van der Waals surface area contributed by atoms with Crippen molar-refractivity contribution in [3.8, 4) is 0 Å². The first-order chi connectivity index (χ1) is 26.7. The molecule has 1 saturated heterocycles. The van der Waals surface area contributed by atoms with Gasteiger partial charge in [0.05, 0.1) is 52.9 Å². The molecule has 0 bridgehead atoms. The lowest BCUT2D eigenvalue weighted by atomic mass is 9.91. The third-order valence-electron chi connectivity index (χ3n) is 10.9. The van der Waals surface area contributed by atoms with Crippen molar-refractivity contribution in [2.75, 3.05) is 79.0 Å². The van der Waals surface area contributed by atoms with E-state index in [1.165, 1.54) is 32.3 Å². The van der Waals surface area contributed by atoms with E-state index in [0.717, 1.165) is 32.3 Å². The van der Waals surface area contributed by atoms with Crippen LogP contribution < -0.4 is 0 Å². The predicted molar refractivity (Wildman–Crippen MR) is 215 cm³/mol. The summed E-state index contributed by atoms with van der Waals surface area (Å²) in [6, 6.07) is 37.5. The molecule has 8 heteroatoms. The highest BCUT2D eigenvalue weighted by molar-refractivity contribution is 6.27. The Labute approximate surface area is 313 Å². The highest BCUT2D eigenvalue weighted by Crippen LogP contribution is 2.37. The molecule has 54 heavy (non-hydrogen) atoms. The molecule has 2 amide bonds. The third kappa shape index (κ3) is 6.45. The minimum absolute atomic E-state index is 0.0449. The molecule has 1 fully saturated rings. The number of hydrogen-bond donors (Lipinski definition) is 0. The topological polar surface area (TPSA) is 77.5 Å². The lowest BCUT2D eigenvalue weighted by molar-refractivity contribution is 0.00895. The molecule has 8 aromatic rings. The Morgan fingerprint density at radius 3 is 1.00 bits per heavy atom. The lowest BCUT2D eigenvalue weighted by Gasteiger charge is -2.25. The number of benzene rings is 8. The average molecular weight is 719 g/mol. The second kappa shape index (κ2) is 15.2. The van der Waals surface area contributed by atoms with Gasteiger partial charge in [-0.1, -0.05) is 97.1 Å². The predicted octanol–water partition coefficient (Wildman–Crippen LogP) is 8.15. The first kappa shape index (κ1) is 34.4. The van der Waals surface area contributed by atoms with Crippen molar-refractivity contribution in [1.29, 1.82) is 0 Å². The van der Waals surface area contributed by atoms with Crippen molar-refractivity contribution in [2.45, 2.75) is 0 Å². The summed E-state index contributed by atoms with van der Waals surface area (Å²) >= 11 is 0. The fourth-order valence-corrected chi connectivity index (χ4v) is 8.16. The molecule has 0 radical (unpaired) electrons. The molecule has 1 heterocycles. The van der Waals surface area contributed by atoms with Gasteiger partial charge in [-0.25, -0.2) is 0 Å². The lowest BCUT2D eigenvalue weighted by Crippen LogP contribution is -2.38. The summed E-state index contributed by atoms with van der Waals surface area (Å²) in [6.07, 6.45) is 0. The second-order valence-corrected chi connectivity index (χ2v) is 14.0. The van der Waals surface area contributed by atoms with E-state index in [1.54, 1.807) is 0 Å². The van der Waals surface area contributed by atoms with Crippen molar-refractivity contribution in [1.82, 2.24) is 9.80 Å². The molecule has 9 rings (SSSR count). The first-order valence-corrected chi connectivity index (χ1v) is 18.9. The Bertz CT molecular complexity index is 2370. The molecule has 0 N–H and O–H groups in total. The SMILES string of the molecule is O=C(c1ccc2ccc3cccc4ccc1c2c34)N1CCOCCOCCN(C(=O)c2ccc3ccc4cccc5ccc2c3c45)CCOCCOCC1. The van der Waals surface area contributed by atoms with Gasteiger partial charge in [0.15, 0.2) is 0 Å². The van der Waals surface area contributed by atoms with Gasteiger partial charge in [-0.2, -0.15) is 0 Å². The minimum Gasteiger partial charge on any atom is -0.377 e. The van der Waals surface area contributed by atoms with Crippen molar-refractivity contribution >= 4 is 76.4 Å². The van der Waals surface area contributed by atoms with Crippen molar-refractivity contribution in [3.05, 3.63) is 120 Å². The Morgan fingerprint density at radius 1 is 0.352 bits per heavy atom. The molecule has 8 nitrogen and oxygen atoms in total. The van der Waals surface area contributed by atoms with Crippen LogP contribution in [0.3, 0.4) is 0 Å². The van der Waals surface area contributed by atoms with E-state index in [9.17, 15) is 9.59 Å². The molecule has 0 saturated carbocycles. The fraction of sp³-hybridized carbons (Fsp3) is 0.261. The van der Waals surface area contributed by atoms with Crippen LogP contribution in [0.1, 0.15) is 20.7 Å². The van der Waals surface area contributed by atoms with E-state index in [4.69, 9.17) is 18.9 Å². The van der Waals surface area contributed by atoms with Crippen LogP contribution in [-0.4, -0.2) is 101 Å². The van der Waals surface area contributed by atoms with Crippen molar-refractivity contribution < 1.29 is 28.5 Å². The standard InChI is InChI=1S/C46H42N2O6/c49-45(39-17-13-35-9-7-31-3-1-5-33-11-15-37(39)43(35)41(31)33)47-19-23-51-27-29-53-25-21-48(22-26-54-30-28-52-24-20-47)46(50)40-18-14-36-10-8-32-4-2-6-34-12-16-38(40)44(36)42(32)34/h1-18H,19-30H2. The van der Waals surface area contributed by atoms with Crippen LogP contribution in [0.15, 0.2) is 109 Å². The maximum absolute atomic E-state index is 14.2. The zero-order valence-corrected chi connectivity index (χ0v) is 30.2. The fourth-order valence-electron chi connectivity index (χ4n) is 8.16. The quantitative estimate of drug-likeness (QED) is 0.168. The van der Waals surface area contributed by atoms with Crippen LogP contribution in [-0.2, 0) is 18.9 Å². The van der Waals surface area contributed by atoms with Crippen LogP contribution >= 0.6 is 0 Å². The largest absolute Gasteiger partial charge is 0.377 e. The van der Waals surface area contributed by atoms with Gasteiger partial charge in [-0.3, -0.25) is 9.59 Å². The second-order valence-electron chi connectivity index (χ2n) is 14.0. The third-order valence-corrected chi connectivity index (χ3v) is 10.9. The van der Waals surface area contributed by atoms with Crippen LogP contribution in [0.2, 0.25) is 0 Å². The van der Waals surface area contributed by atoms with Crippen molar-refractivity contribution in [3.63, 3.8) is 0 Å². The Hall–Kier alpha value is -5.38. The Kier molecular flexibility index (Phi) is 9.66. The number of hydrogen-bond acceptors (Lipinski definition) is 6. The number of rotatable bonds is 2. The summed E-state index contributed by atoms with van der Waals surface area (Å²) in [5.41, 5.74) is 1.35. The van der Waals surface area contributed by atoms with Gasteiger partial charge in [-0.05, 0) is 76.8 Å². The van der Waals surface area contributed by atoms with E-state index >= 15 is 0 Å². The van der Waals surface area contributed by atoms with E-state index < -0.39 is 0 Å². The monoisotopic (exact) mass is 718 g/mol. The van der Waals surface area contributed by atoms with Crippen LogP contribution in [0, 0.1) is 0 Å². The van der Waals surface area contributed by atoms with Crippen LogP contribution in [0.25, 0.3) is 64.6 Å². The van der Waals surface area contributed by atoms with Crippen LogP contribution in [0.4, 0.5) is 0 Å². The minimum atomic E-state index is -0.0449. The summed E-state index contributed by atoms with van der Waals surface area (Å²) in [6.45, 7) is 4.65. The molecule has 8 aromatic carbocycles. The van der Waals surface area contributed by atoms with Gasteiger partial charge in [0.2, 0.25) is 0 Å². The highest BCUT2D eigenvalue weighted by atomic mass is 16.5. The van der Waals surface area contributed by atoms with Gasteiger partial charge >= 0.3 is 0 Å². The van der Waals surface area contributed by atoms with Gasteiger partial charge in [0.1, 0.15) is 0 Å². The van der Waals surface area contributed by atoms with E-state index in [0.29, 0.717) is 90.2 Å². The molecular formula is C46H42N2O6. The Morgan fingerprint density at radius 2 is 0.648 bits per heavy atom. The van der Waals surface area contributed by atoms with E-state index in [1.807, 2.05) is 34.1 Å².